The van der Waals surface area contributed by atoms with E-state index in [4.69, 9.17) is 9.47 Å². The Bertz CT molecular complexity index is 1630. The summed E-state index contributed by atoms with van der Waals surface area (Å²) in [6.45, 7) is 2.53. The second-order valence-electron chi connectivity index (χ2n) is 10.9. The Hall–Kier alpha value is -4.16. The van der Waals surface area contributed by atoms with Crippen LogP contribution in [-0.4, -0.2) is 35.6 Å². The summed E-state index contributed by atoms with van der Waals surface area (Å²) in [5.41, 5.74) is 1.62. The van der Waals surface area contributed by atoms with Gasteiger partial charge in [0.1, 0.15) is 5.56 Å². The van der Waals surface area contributed by atoms with E-state index in [-0.39, 0.29) is 24.4 Å². The van der Waals surface area contributed by atoms with Crippen LogP contribution in [0.5, 0.6) is 0 Å². The summed E-state index contributed by atoms with van der Waals surface area (Å²) >= 11 is 0. The number of amides is 1. The van der Waals surface area contributed by atoms with Crippen LogP contribution in [-0.2, 0) is 16.1 Å². The number of carbonyl (C=O) groups excluding carboxylic acids is 1. The molecule has 4 atom stereocenters. The molecule has 236 valence electrons. The number of hydrogen-bond donors (Lipinski definition) is 2. The van der Waals surface area contributed by atoms with E-state index in [9.17, 15) is 31.9 Å². The van der Waals surface area contributed by atoms with Crippen molar-refractivity contribution in [2.75, 3.05) is 18.9 Å². The van der Waals surface area contributed by atoms with Gasteiger partial charge in [0.15, 0.2) is 29.6 Å². The lowest BCUT2D eigenvalue weighted by Gasteiger charge is -2.39. The molecule has 45 heavy (non-hydrogen) atoms. The summed E-state index contributed by atoms with van der Waals surface area (Å²) in [5, 5.41) is 11.7. The van der Waals surface area contributed by atoms with E-state index in [2.05, 4.69) is 17.1 Å². The van der Waals surface area contributed by atoms with Gasteiger partial charge in [-0.1, -0.05) is 66.7 Å². The third-order valence-corrected chi connectivity index (χ3v) is 7.90. The van der Waals surface area contributed by atoms with Gasteiger partial charge in [-0.05, 0) is 42.8 Å². The molecular weight excluding hydrogens is 595 g/mol. The molecule has 11 heteroatoms. The van der Waals surface area contributed by atoms with Gasteiger partial charge >= 0.3 is 0 Å². The molecule has 0 spiro atoms. The van der Waals surface area contributed by atoms with Crippen LogP contribution in [0.3, 0.4) is 0 Å². The van der Waals surface area contributed by atoms with Gasteiger partial charge in [-0.25, -0.2) is 22.0 Å². The highest BCUT2D eigenvalue weighted by Gasteiger charge is 2.34. The molecule has 1 amide bonds. The van der Waals surface area contributed by atoms with Crippen molar-refractivity contribution in [1.29, 1.82) is 0 Å². The van der Waals surface area contributed by atoms with Crippen LogP contribution in [0, 0.1) is 29.1 Å². The third-order valence-electron chi connectivity index (χ3n) is 7.90. The van der Waals surface area contributed by atoms with Crippen molar-refractivity contribution in [2.24, 2.45) is 0 Å². The fourth-order valence-corrected chi connectivity index (χ4v) is 5.26. The maximum Gasteiger partial charge on any atom is 0.261 e. The van der Waals surface area contributed by atoms with Crippen LogP contribution >= 0.6 is 0 Å². The average molecular weight is 627 g/mol. The largest absolute Gasteiger partial charge is 0.392 e. The van der Waals surface area contributed by atoms with Crippen molar-refractivity contribution in [2.45, 2.75) is 44.5 Å². The molecule has 0 aliphatic carbocycles. The predicted octanol–water partition coefficient (Wildman–Crippen LogP) is 7.37. The number of aliphatic hydroxyl groups excluding tert-OH is 1. The van der Waals surface area contributed by atoms with Crippen LogP contribution in [0.4, 0.5) is 27.6 Å². The number of nitrogens with zero attached hydrogens (tertiary/aromatic N) is 1. The molecule has 5 rings (SSSR count). The number of ether oxygens (including phenoxy) is 2. The number of nitrogens with one attached hydrogen (secondary N) is 1. The second kappa shape index (κ2) is 13.9. The molecule has 0 unspecified atom stereocenters. The van der Waals surface area contributed by atoms with Gasteiger partial charge in [0.2, 0.25) is 5.82 Å². The maximum atomic E-state index is 14.3. The SMILES string of the molecule is C[C@@H](c1ccccc1)N(C)C[C@@H]1C[C@H](c2ccc(CO)cc2)O[C@H](c2cccc(NC(=O)c3c(F)c(F)c(F)c(F)c3F)c2)O1. The summed E-state index contributed by atoms with van der Waals surface area (Å²) in [7, 11) is 1.99. The van der Waals surface area contributed by atoms with Crippen molar-refractivity contribution in [1.82, 2.24) is 4.90 Å². The molecule has 2 N–H and O–H groups in total. The molecule has 1 heterocycles. The van der Waals surface area contributed by atoms with Crippen LogP contribution in [0.2, 0.25) is 0 Å². The minimum absolute atomic E-state index is 0.0226. The smallest absolute Gasteiger partial charge is 0.261 e. The standard InChI is InChI=1S/C34H31F5N2O4/c1-19(21-7-4-3-5-8-21)41(2)17-25-16-26(22-13-11-20(18-42)12-14-22)45-34(44-25)23-9-6-10-24(15-23)40-33(43)27-28(35)30(37)32(39)31(38)29(27)36/h3-15,19,25-26,34,42H,16-18H2,1-2H3,(H,40,43)/t19-,25-,26+,34+/m0/s1. The molecule has 4 aromatic carbocycles. The number of rotatable bonds is 9. The first-order valence-electron chi connectivity index (χ1n) is 14.3. The number of carbonyl (C=O) groups is 1. The van der Waals surface area contributed by atoms with Gasteiger partial charge in [0, 0.05) is 30.3 Å². The molecule has 4 aromatic rings. The highest BCUT2D eigenvalue weighted by atomic mass is 19.2. The average Bonchev–Trinajstić information content (AvgIpc) is 3.06. The maximum absolute atomic E-state index is 14.3. The number of benzene rings is 4. The van der Waals surface area contributed by atoms with E-state index in [0.717, 1.165) is 16.7 Å². The van der Waals surface area contributed by atoms with E-state index in [0.29, 0.717) is 18.5 Å². The monoisotopic (exact) mass is 626 g/mol. The van der Waals surface area contributed by atoms with Crippen LogP contribution < -0.4 is 5.32 Å². The molecule has 0 bridgehead atoms. The Kier molecular flexibility index (Phi) is 9.93. The predicted molar refractivity (Wildman–Crippen MR) is 157 cm³/mol. The molecular formula is C34H31F5N2O4. The van der Waals surface area contributed by atoms with Gasteiger partial charge in [0.05, 0.1) is 18.8 Å². The van der Waals surface area contributed by atoms with E-state index >= 15 is 0 Å². The Labute approximate surface area is 257 Å². The highest BCUT2D eigenvalue weighted by Crippen LogP contribution is 2.39. The molecule has 1 saturated heterocycles. The first-order valence-corrected chi connectivity index (χ1v) is 14.3. The normalized spacial score (nSPS) is 19.0. The van der Waals surface area contributed by atoms with E-state index in [1.165, 1.54) is 18.2 Å². The van der Waals surface area contributed by atoms with Crippen molar-refractivity contribution >= 4 is 11.6 Å². The van der Waals surface area contributed by atoms with Crippen molar-refractivity contribution in [3.8, 4) is 0 Å². The first kappa shape index (κ1) is 32.2. The van der Waals surface area contributed by atoms with Gasteiger partial charge < -0.3 is 19.9 Å². The lowest BCUT2D eigenvalue weighted by atomic mass is 9.99. The number of hydrogen-bond acceptors (Lipinski definition) is 5. The lowest BCUT2D eigenvalue weighted by molar-refractivity contribution is -0.253. The molecule has 1 aliphatic heterocycles. The van der Waals surface area contributed by atoms with Crippen LogP contribution in [0.15, 0.2) is 78.9 Å². The molecule has 0 aromatic heterocycles. The summed E-state index contributed by atoms with van der Waals surface area (Å²) in [6, 6.07) is 23.5. The first-order chi connectivity index (χ1) is 21.6. The van der Waals surface area contributed by atoms with Gasteiger partial charge in [-0.2, -0.15) is 0 Å². The Morgan fingerprint density at radius 2 is 1.51 bits per heavy atom. The van der Waals surface area contributed by atoms with Crippen molar-refractivity contribution in [3.05, 3.63) is 136 Å². The fourth-order valence-electron chi connectivity index (χ4n) is 5.26. The lowest BCUT2D eigenvalue weighted by Crippen LogP contribution is -2.38. The third kappa shape index (κ3) is 7.07. The summed E-state index contributed by atoms with van der Waals surface area (Å²) in [6.07, 6.45) is -1.14. The zero-order chi connectivity index (χ0) is 32.2. The van der Waals surface area contributed by atoms with Crippen molar-refractivity contribution in [3.63, 3.8) is 0 Å². The fraction of sp³-hybridized carbons (Fsp3) is 0.265. The van der Waals surface area contributed by atoms with Gasteiger partial charge in [-0.15, -0.1) is 0 Å². The van der Waals surface area contributed by atoms with E-state index in [1.807, 2.05) is 49.5 Å². The van der Waals surface area contributed by atoms with Gasteiger partial charge in [0.25, 0.3) is 5.91 Å². The molecule has 6 nitrogen and oxygen atoms in total. The minimum Gasteiger partial charge on any atom is -0.392 e. The summed E-state index contributed by atoms with van der Waals surface area (Å²) in [4.78, 5) is 14.8. The molecule has 1 aliphatic rings. The number of anilines is 1. The van der Waals surface area contributed by atoms with Crippen molar-refractivity contribution < 1.29 is 41.3 Å². The van der Waals surface area contributed by atoms with E-state index in [1.54, 1.807) is 18.2 Å². The summed E-state index contributed by atoms with van der Waals surface area (Å²) < 4.78 is 82.1. The number of likely N-dealkylation sites (N-methyl/N-ethyl adjacent to an activating group) is 1. The Morgan fingerprint density at radius 1 is 0.867 bits per heavy atom. The molecule has 1 fully saturated rings. The second-order valence-corrected chi connectivity index (χ2v) is 10.9. The molecule has 0 radical (unpaired) electrons. The highest BCUT2D eigenvalue weighted by molar-refractivity contribution is 6.04. The summed E-state index contributed by atoms with van der Waals surface area (Å²) in [5.74, 6) is -12.8. The quantitative estimate of drug-likeness (QED) is 0.115. The zero-order valence-corrected chi connectivity index (χ0v) is 24.4. The van der Waals surface area contributed by atoms with Crippen LogP contribution in [0.1, 0.15) is 64.4 Å². The Morgan fingerprint density at radius 3 is 2.16 bits per heavy atom. The number of halogens is 5. The van der Waals surface area contributed by atoms with Crippen LogP contribution in [0.25, 0.3) is 0 Å². The topological polar surface area (TPSA) is 71.0 Å². The van der Waals surface area contributed by atoms with E-state index < -0.39 is 53.0 Å². The zero-order valence-electron chi connectivity index (χ0n) is 24.4. The van der Waals surface area contributed by atoms with Gasteiger partial charge in [-0.3, -0.25) is 9.69 Å². The minimum atomic E-state index is -2.35. The Balaban J connectivity index is 1.39. The number of aliphatic hydroxyl groups is 1. The molecule has 0 saturated carbocycles.